The summed E-state index contributed by atoms with van der Waals surface area (Å²) in [6.45, 7) is 2.08. The highest BCUT2D eigenvalue weighted by molar-refractivity contribution is 5.85. The van der Waals surface area contributed by atoms with Crippen molar-refractivity contribution in [3.05, 3.63) is 0 Å². The normalized spacial score (nSPS) is 30.9. The third-order valence-electron chi connectivity index (χ3n) is 4.55. The third-order valence-corrected chi connectivity index (χ3v) is 4.55. The standard InChI is InChI=1S/C14H23NO3/c1-14(8-4-5-9-14)15-12(16)10-6-2-3-7-11(10)13(17)18/h10-11H,2-9H2,1H3,(H,15,16)(H,17,18). The number of nitrogens with one attached hydrogen (secondary N) is 1. The number of carboxylic acids is 1. The molecule has 0 radical (unpaired) electrons. The van der Waals surface area contributed by atoms with Gasteiger partial charge in [-0.05, 0) is 32.6 Å². The summed E-state index contributed by atoms with van der Waals surface area (Å²) < 4.78 is 0. The Labute approximate surface area is 108 Å². The van der Waals surface area contributed by atoms with Gasteiger partial charge in [-0.1, -0.05) is 25.7 Å². The van der Waals surface area contributed by atoms with Gasteiger partial charge in [0.2, 0.25) is 5.91 Å². The maximum absolute atomic E-state index is 12.3. The van der Waals surface area contributed by atoms with Gasteiger partial charge >= 0.3 is 5.97 Å². The first-order valence-corrected chi connectivity index (χ1v) is 7.07. The van der Waals surface area contributed by atoms with E-state index < -0.39 is 11.9 Å². The van der Waals surface area contributed by atoms with Gasteiger partial charge in [0.05, 0.1) is 11.8 Å². The van der Waals surface area contributed by atoms with Crippen LogP contribution in [0.5, 0.6) is 0 Å². The topological polar surface area (TPSA) is 66.4 Å². The van der Waals surface area contributed by atoms with E-state index in [4.69, 9.17) is 0 Å². The summed E-state index contributed by atoms with van der Waals surface area (Å²) in [6.07, 6.45) is 7.61. The summed E-state index contributed by atoms with van der Waals surface area (Å²) in [5, 5.41) is 12.3. The maximum Gasteiger partial charge on any atom is 0.307 e. The molecule has 2 fully saturated rings. The molecule has 18 heavy (non-hydrogen) atoms. The third kappa shape index (κ3) is 2.85. The second-order valence-electron chi connectivity index (χ2n) is 6.09. The molecule has 2 rings (SSSR count). The first-order valence-electron chi connectivity index (χ1n) is 7.07. The number of carbonyl (C=O) groups excluding carboxylic acids is 1. The molecule has 0 heterocycles. The van der Waals surface area contributed by atoms with Crippen LogP contribution in [0.3, 0.4) is 0 Å². The highest BCUT2D eigenvalue weighted by Gasteiger charge is 2.39. The minimum absolute atomic E-state index is 0.0356. The van der Waals surface area contributed by atoms with Gasteiger partial charge in [-0.3, -0.25) is 9.59 Å². The molecule has 2 N–H and O–H groups in total. The molecule has 0 aromatic rings. The Morgan fingerprint density at radius 2 is 1.61 bits per heavy atom. The summed E-state index contributed by atoms with van der Waals surface area (Å²) in [4.78, 5) is 23.5. The second-order valence-corrected chi connectivity index (χ2v) is 6.09. The lowest BCUT2D eigenvalue weighted by atomic mass is 9.78. The number of amides is 1. The molecule has 0 spiro atoms. The SMILES string of the molecule is CC1(NC(=O)C2CCCCC2C(=O)O)CCCC1. The molecular formula is C14H23NO3. The van der Waals surface area contributed by atoms with Crippen molar-refractivity contribution in [2.45, 2.75) is 63.8 Å². The molecule has 102 valence electrons. The highest BCUT2D eigenvalue weighted by Crippen LogP contribution is 2.33. The average Bonchev–Trinajstić information content (AvgIpc) is 2.75. The largest absolute Gasteiger partial charge is 0.481 e. The van der Waals surface area contributed by atoms with E-state index in [0.29, 0.717) is 6.42 Å². The van der Waals surface area contributed by atoms with E-state index in [1.807, 2.05) is 0 Å². The number of carbonyl (C=O) groups is 2. The van der Waals surface area contributed by atoms with Crippen molar-refractivity contribution in [3.63, 3.8) is 0 Å². The van der Waals surface area contributed by atoms with Crippen LogP contribution in [0.25, 0.3) is 0 Å². The Bertz CT molecular complexity index is 334. The molecule has 0 aromatic carbocycles. The van der Waals surface area contributed by atoms with Gasteiger partial charge in [0.1, 0.15) is 0 Å². The van der Waals surface area contributed by atoms with Crippen LogP contribution >= 0.6 is 0 Å². The first kappa shape index (κ1) is 13.4. The highest BCUT2D eigenvalue weighted by atomic mass is 16.4. The van der Waals surface area contributed by atoms with E-state index in [1.165, 1.54) is 0 Å². The zero-order chi connectivity index (χ0) is 13.2. The number of rotatable bonds is 3. The molecule has 2 aliphatic carbocycles. The number of carboxylic acid groups (broad SMARTS) is 1. The fourth-order valence-corrected chi connectivity index (χ4v) is 3.41. The fourth-order valence-electron chi connectivity index (χ4n) is 3.41. The van der Waals surface area contributed by atoms with E-state index in [-0.39, 0.29) is 17.4 Å². The quantitative estimate of drug-likeness (QED) is 0.811. The van der Waals surface area contributed by atoms with Crippen LogP contribution in [0.4, 0.5) is 0 Å². The van der Waals surface area contributed by atoms with Crippen LogP contribution in [0.15, 0.2) is 0 Å². The van der Waals surface area contributed by atoms with E-state index >= 15 is 0 Å². The van der Waals surface area contributed by atoms with Crippen molar-refractivity contribution in [2.75, 3.05) is 0 Å². The van der Waals surface area contributed by atoms with Crippen molar-refractivity contribution in [3.8, 4) is 0 Å². The van der Waals surface area contributed by atoms with E-state index in [1.54, 1.807) is 0 Å². The van der Waals surface area contributed by atoms with Gasteiger partial charge in [0.15, 0.2) is 0 Å². The zero-order valence-electron chi connectivity index (χ0n) is 11.1. The van der Waals surface area contributed by atoms with Crippen molar-refractivity contribution in [1.29, 1.82) is 0 Å². The maximum atomic E-state index is 12.3. The molecule has 2 saturated carbocycles. The molecule has 4 nitrogen and oxygen atoms in total. The molecule has 0 aromatic heterocycles. The Morgan fingerprint density at radius 1 is 1.06 bits per heavy atom. The lowest BCUT2D eigenvalue weighted by Gasteiger charge is -2.32. The molecular weight excluding hydrogens is 230 g/mol. The van der Waals surface area contributed by atoms with Gasteiger partial charge in [0.25, 0.3) is 0 Å². The number of hydrogen-bond donors (Lipinski definition) is 2. The summed E-state index contributed by atoms with van der Waals surface area (Å²) >= 11 is 0. The van der Waals surface area contributed by atoms with Gasteiger partial charge in [0, 0.05) is 5.54 Å². The van der Waals surface area contributed by atoms with E-state index in [2.05, 4.69) is 12.2 Å². The van der Waals surface area contributed by atoms with Crippen LogP contribution in [0, 0.1) is 11.8 Å². The zero-order valence-corrected chi connectivity index (χ0v) is 11.1. The number of aliphatic carboxylic acids is 1. The van der Waals surface area contributed by atoms with E-state index in [0.717, 1.165) is 44.9 Å². The van der Waals surface area contributed by atoms with Crippen molar-refractivity contribution in [2.24, 2.45) is 11.8 Å². The predicted molar refractivity (Wildman–Crippen MR) is 68.1 cm³/mol. The summed E-state index contributed by atoms with van der Waals surface area (Å²) in [6, 6.07) is 0. The molecule has 4 heteroatoms. The van der Waals surface area contributed by atoms with Crippen LogP contribution in [-0.2, 0) is 9.59 Å². The van der Waals surface area contributed by atoms with Gasteiger partial charge in [-0.25, -0.2) is 0 Å². The Hall–Kier alpha value is -1.06. The van der Waals surface area contributed by atoms with Crippen LogP contribution < -0.4 is 5.32 Å². The van der Waals surface area contributed by atoms with Crippen LogP contribution in [0.1, 0.15) is 58.3 Å². The monoisotopic (exact) mass is 253 g/mol. The summed E-state index contributed by atoms with van der Waals surface area (Å²) in [5.41, 5.74) is -0.0996. The molecule has 2 aliphatic rings. The smallest absolute Gasteiger partial charge is 0.307 e. The second kappa shape index (κ2) is 5.29. The number of hydrogen-bond acceptors (Lipinski definition) is 2. The van der Waals surface area contributed by atoms with Gasteiger partial charge < -0.3 is 10.4 Å². The molecule has 2 unspecified atom stereocenters. The van der Waals surface area contributed by atoms with Crippen molar-refractivity contribution >= 4 is 11.9 Å². The first-order chi connectivity index (χ1) is 8.52. The fraction of sp³-hybridized carbons (Fsp3) is 0.857. The summed E-state index contributed by atoms with van der Waals surface area (Å²) in [7, 11) is 0. The molecule has 0 saturated heterocycles. The Morgan fingerprint density at radius 3 is 2.17 bits per heavy atom. The molecule has 0 aliphatic heterocycles. The minimum atomic E-state index is -0.813. The van der Waals surface area contributed by atoms with Gasteiger partial charge in [-0.2, -0.15) is 0 Å². The Kier molecular flexibility index (Phi) is 3.93. The average molecular weight is 253 g/mol. The van der Waals surface area contributed by atoms with Crippen molar-refractivity contribution in [1.82, 2.24) is 5.32 Å². The van der Waals surface area contributed by atoms with Crippen LogP contribution in [-0.4, -0.2) is 22.5 Å². The lowest BCUT2D eigenvalue weighted by Crippen LogP contribution is -2.49. The predicted octanol–water partition coefficient (Wildman–Crippen LogP) is 2.33. The Balaban J connectivity index is 2.00. The van der Waals surface area contributed by atoms with Crippen LogP contribution in [0.2, 0.25) is 0 Å². The minimum Gasteiger partial charge on any atom is -0.481 e. The molecule has 1 amide bonds. The summed E-state index contributed by atoms with van der Waals surface area (Å²) in [5.74, 6) is -1.66. The van der Waals surface area contributed by atoms with Gasteiger partial charge in [-0.15, -0.1) is 0 Å². The van der Waals surface area contributed by atoms with E-state index in [9.17, 15) is 14.7 Å². The molecule has 2 atom stereocenters. The molecule has 0 bridgehead atoms. The lowest BCUT2D eigenvalue weighted by molar-refractivity contribution is -0.149. The van der Waals surface area contributed by atoms with Crippen molar-refractivity contribution < 1.29 is 14.7 Å².